The van der Waals surface area contributed by atoms with Gasteiger partial charge in [-0.3, -0.25) is 0 Å². The van der Waals surface area contributed by atoms with E-state index in [1.165, 1.54) is 0 Å². The highest BCUT2D eigenvalue weighted by Gasteiger charge is 2.24. The predicted octanol–water partition coefficient (Wildman–Crippen LogP) is 1.56. The number of benzene rings is 1. The third kappa shape index (κ3) is 3.62. The molecule has 0 amide bonds. The number of aliphatic hydroxyl groups is 1. The summed E-state index contributed by atoms with van der Waals surface area (Å²) in [5, 5.41) is 12.0. The lowest BCUT2D eigenvalue weighted by Crippen LogP contribution is -2.34. The van der Waals surface area contributed by atoms with Crippen LogP contribution in [0.25, 0.3) is 0 Å². The Bertz CT molecular complexity index is 377. The molecule has 0 aliphatic rings. The van der Waals surface area contributed by atoms with Crippen molar-refractivity contribution in [2.45, 2.75) is 19.3 Å². The topological polar surface area (TPSA) is 50.7 Å². The number of rotatable bonds is 7. The first kappa shape index (κ1) is 14.8. The minimum atomic E-state index is -0.102. The largest absolute Gasteiger partial charge is 0.497 e. The van der Waals surface area contributed by atoms with Gasteiger partial charge in [0.1, 0.15) is 11.5 Å². The van der Waals surface area contributed by atoms with Gasteiger partial charge in [0.15, 0.2) is 0 Å². The average molecular weight is 253 g/mol. The van der Waals surface area contributed by atoms with E-state index in [2.05, 4.69) is 19.2 Å². The molecule has 0 saturated carbocycles. The normalized spacial score (nSPS) is 11.4. The number of aliphatic hydroxyl groups excluding tert-OH is 1. The molecule has 0 aliphatic heterocycles. The highest BCUT2D eigenvalue weighted by Crippen LogP contribution is 2.34. The van der Waals surface area contributed by atoms with E-state index in [1.54, 1.807) is 14.2 Å². The van der Waals surface area contributed by atoms with Gasteiger partial charge in [0.25, 0.3) is 0 Å². The van der Waals surface area contributed by atoms with Crippen LogP contribution in [0.2, 0.25) is 0 Å². The molecule has 2 N–H and O–H groups in total. The van der Waals surface area contributed by atoms with Crippen molar-refractivity contribution in [2.75, 3.05) is 33.9 Å². The van der Waals surface area contributed by atoms with Gasteiger partial charge in [0, 0.05) is 24.1 Å². The van der Waals surface area contributed by atoms with E-state index in [1.807, 2.05) is 18.2 Å². The number of hydrogen-bond donors (Lipinski definition) is 2. The third-order valence-electron chi connectivity index (χ3n) is 2.99. The smallest absolute Gasteiger partial charge is 0.122 e. The van der Waals surface area contributed by atoms with Crippen LogP contribution in [0, 0.1) is 0 Å². The molecule has 1 aromatic carbocycles. The summed E-state index contributed by atoms with van der Waals surface area (Å²) in [4.78, 5) is 0. The van der Waals surface area contributed by atoms with Gasteiger partial charge in [0.05, 0.1) is 20.8 Å². The molecule has 102 valence electrons. The zero-order chi connectivity index (χ0) is 13.6. The molecular formula is C14H23NO3. The second-order valence-electron chi connectivity index (χ2n) is 4.85. The SMILES string of the molecule is COc1ccc(OC)c(C(C)(C)CNCCO)c1. The Morgan fingerprint density at radius 1 is 1.22 bits per heavy atom. The van der Waals surface area contributed by atoms with E-state index < -0.39 is 0 Å². The summed E-state index contributed by atoms with van der Waals surface area (Å²) in [6, 6.07) is 5.81. The zero-order valence-electron chi connectivity index (χ0n) is 11.6. The molecule has 0 saturated heterocycles. The van der Waals surface area contributed by atoms with Crippen LogP contribution >= 0.6 is 0 Å². The standard InChI is InChI=1S/C14H23NO3/c1-14(2,10-15-7-8-16)12-9-11(17-3)5-6-13(12)18-4/h5-6,9,15-16H,7-8,10H2,1-4H3. The molecule has 0 unspecified atom stereocenters. The van der Waals surface area contributed by atoms with Gasteiger partial charge in [-0.1, -0.05) is 13.8 Å². The molecule has 0 heterocycles. The van der Waals surface area contributed by atoms with Crippen molar-refractivity contribution in [2.24, 2.45) is 0 Å². The van der Waals surface area contributed by atoms with Crippen molar-refractivity contribution >= 4 is 0 Å². The Labute approximate surface area is 109 Å². The molecule has 18 heavy (non-hydrogen) atoms. The summed E-state index contributed by atoms with van der Waals surface area (Å²) in [6.45, 7) is 5.77. The van der Waals surface area contributed by atoms with E-state index in [0.717, 1.165) is 23.6 Å². The number of ether oxygens (including phenoxy) is 2. The maximum Gasteiger partial charge on any atom is 0.122 e. The Kier molecular flexibility index (Phi) is 5.44. The van der Waals surface area contributed by atoms with Gasteiger partial charge in [-0.2, -0.15) is 0 Å². The first-order valence-electron chi connectivity index (χ1n) is 6.09. The molecule has 4 heteroatoms. The van der Waals surface area contributed by atoms with Crippen LogP contribution in [0.15, 0.2) is 18.2 Å². The first-order chi connectivity index (χ1) is 8.55. The Balaban J connectivity index is 2.96. The summed E-state index contributed by atoms with van der Waals surface area (Å²) in [7, 11) is 3.32. The van der Waals surface area contributed by atoms with Crippen molar-refractivity contribution in [1.82, 2.24) is 5.32 Å². The Hall–Kier alpha value is -1.26. The number of hydrogen-bond acceptors (Lipinski definition) is 4. The zero-order valence-corrected chi connectivity index (χ0v) is 11.6. The summed E-state index contributed by atoms with van der Waals surface area (Å²) in [6.07, 6.45) is 0. The quantitative estimate of drug-likeness (QED) is 0.724. The molecule has 0 spiro atoms. The Morgan fingerprint density at radius 2 is 1.94 bits per heavy atom. The van der Waals surface area contributed by atoms with Gasteiger partial charge in [-0.15, -0.1) is 0 Å². The first-order valence-corrected chi connectivity index (χ1v) is 6.09. The van der Waals surface area contributed by atoms with Gasteiger partial charge >= 0.3 is 0 Å². The fourth-order valence-electron chi connectivity index (χ4n) is 1.92. The summed E-state index contributed by atoms with van der Waals surface area (Å²) in [5.41, 5.74) is 0.990. The van der Waals surface area contributed by atoms with E-state index >= 15 is 0 Å². The Morgan fingerprint density at radius 3 is 2.50 bits per heavy atom. The van der Waals surface area contributed by atoms with Crippen molar-refractivity contribution in [3.8, 4) is 11.5 Å². The van der Waals surface area contributed by atoms with Crippen LogP contribution < -0.4 is 14.8 Å². The fraction of sp³-hybridized carbons (Fsp3) is 0.571. The van der Waals surface area contributed by atoms with Crippen molar-refractivity contribution < 1.29 is 14.6 Å². The van der Waals surface area contributed by atoms with Gasteiger partial charge in [-0.05, 0) is 18.2 Å². The van der Waals surface area contributed by atoms with Crippen molar-refractivity contribution in [1.29, 1.82) is 0 Å². The minimum Gasteiger partial charge on any atom is -0.497 e. The molecule has 1 aromatic rings. The maximum atomic E-state index is 8.81. The molecule has 0 fully saturated rings. The summed E-state index contributed by atoms with van der Waals surface area (Å²) >= 11 is 0. The van der Waals surface area contributed by atoms with Crippen LogP contribution in [0.1, 0.15) is 19.4 Å². The van der Waals surface area contributed by atoms with Crippen LogP contribution in [-0.4, -0.2) is 39.0 Å². The second kappa shape index (κ2) is 6.61. The molecule has 0 radical (unpaired) electrons. The van der Waals surface area contributed by atoms with E-state index in [-0.39, 0.29) is 12.0 Å². The number of methoxy groups -OCH3 is 2. The van der Waals surface area contributed by atoms with Crippen LogP contribution in [0.3, 0.4) is 0 Å². The van der Waals surface area contributed by atoms with E-state index in [4.69, 9.17) is 14.6 Å². The maximum absolute atomic E-state index is 8.81. The van der Waals surface area contributed by atoms with Gasteiger partial charge < -0.3 is 19.9 Å². The molecular weight excluding hydrogens is 230 g/mol. The lowest BCUT2D eigenvalue weighted by molar-refractivity contribution is 0.285. The summed E-state index contributed by atoms with van der Waals surface area (Å²) in [5.74, 6) is 1.67. The molecule has 0 atom stereocenters. The molecule has 4 nitrogen and oxygen atoms in total. The van der Waals surface area contributed by atoms with Gasteiger partial charge in [0.2, 0.25) is 0 Å². The predicted molar refractivity (Wildman–Crippen MR) is 72.5 cm³/mol. The molecule has 1 rings (SSSR count). The van der Waals surface area contributed by atoms with E-state index in [0.29, 0.717) is 6.54 Å². The van der Waals surface area contributed by atoms with Crippen LogP contribution in [0.5, 0.6) is 11.5 Å². The van der Waals surface area contributed by atoms with Crippen molar-refractivity contribution in [3.05, 3.63) is 23.8 Å². The van der Waals surface area contributed by atoms with Crippen molar-refractivity contribution in [3.63, 3.8) is 0 Å². The molecule has 0 bridgehead atoms. The molecule has 0 aliphatic carbocycles. The highest BCUT2D eigenvalue weighted by atomic mass is 16.5. The van der Waals surface area contributed by atoms with E-state index in [9.17, 15) is 0 Å². The lowest BCUT2D eigenvalue weighted by atomic mass is 9.83. The molecule has 0 aromatic heterocycles. The second-order valence-corrected chi connectivity index (χ2v) is 4.85. The third-order valence-corrected chi connectivity index (χ3v) is 2.99. The number of nitrogens with one attached hydrogen (secondary N) is 1. The monoisotopic (exact) mass is 253 g/mol. The van der Waals surface area contributed by atoms with Crippen LogP contribution in [0.4, 0.5) is 0 Å². The average Bonchev–Trinajstić information content (AvgIpc) is 2.38. The minimum absolute atomic E-state index is 0.102. The highest BCUT2D eigenvalue weighted by molar-refractivity contribution is 5.44. The summed E-state index contributed by atoms with van der Waals surface area (Å²) < 4.78 is 10.7. The lowest BCUT2D eigenvalue weighted by Gasteiger charge is -2.28. The van der Waals surface area contributed by atoms with Gasteiger partial charge in [-0.25, -0.2) is 0 Å². The van der Waals surface area contributed by atoms with Crippen LogP contribution in [-0.2, 0) is 5.41 Å². The fourth-order valence-corrected chi connectivity index (χ4v) is 1.92.